The minimum atomic E-state index is -4.04. The monoisotopic (exact) mass is 432 g/mol. The fourth-order valence-electron chi connectivity index (χ4n) is 3.23. The van der Waals surface area contributed by atoms with Gasteiger partial charge in [-0.1, -0.05) is 31.5 Å². The zero-order chi connectivity index (χ0) is 21.6. The Kier molecular flexibility index (Phi) is 7.30. The fourth-order valence-corrected chi connectivity index (χ4v) is 3.78. The molecule has 2 aromatic rings. The van der Waals surface area contributed by atoms with Crippen LogP contribution in [-0.2, 0) is 10.0 Å². The lowest BCUT2D eigenvalue weighted by Gasteiger charge is -2.29. The van der Waals surface area contributed by atoms with Crippen LogP contribution in [0, 0.1) is 0 Å². The number of carbonyl (C=O) groups is 1. The van der Waals surface area contributed by atoms with E-state index in [0.717, 1.165) is 12.8 Å². The number of benzene rings is 2. The molecule has 1 saturated heterocycles. The van der Waals surface area contributed by atoms with Crippen molar-refractivity contribution in [3.8, 4) is 11.5 Å². The zero-order valence-electron chi connectivity index (χ0n) is 17.1. The van der Waals surface area contributed by atoms with Crippen LogP contribution in [0.2, 0.25) is 0 Å². The maximum absolute atomic E-state index is 13.3. The van der Waals surface area contributed by atoms with E-state index in [4.69, 9.17) is 9.88 Å². The number of ether oxygens (including phenoxy) is 1. The predicted molar refractivity (Wildman–Crippen MR) is 117 cm³/mol. The van der Waals surface area contributed by atoms with Crippen molar-refractivity contribution in [2.75, 3.05) is 38.0 Å². The summed E-state index contributed by atoms with van der Waals surface area (Å²) in [6.45, 7) is 5.15. The first kappa shape index (κ1) is 22.1. The Balaban J connectivity index is 2.10. The fraction of sp³-hybridized carbons (Fsp3) is 0.381. The molecule has 0 spiro atoms. The molecule has 9 heteroatoms. The van der Waals surface area contributed by atoms with Gasteiger partial charge in [0, 0.05) is 38.8 Å². The van der Waals surface area contributed by atoms with Crippen molar-refractivity contribution >= 4 is 21.6 Å². The Morgan fingerprint density at radius 3 is 2.53 bits per heavy atom. The molecule has 8 nitrogen and oxygen atoms in total. The normalized spacial score (nSPS) is 14.4. The molecule has 1 fully saturated rings. The Bertz CT molecular complexity index is 974. The number of primary sulfonamides is 1. The van der Waals surface area contributed by atoms with Crippen molar-refractivity contribution in [1.82, 2.24) is 10.2 Å². The first-order valence-electron chi connectivity index (χ1n) is 10.1. The molecule has 2 aromatic carbocycles. The molecule has 0 bridgehead atoms. The van der Waals surface area contributed by atoms with E-state index in [0.29, 0.717) is 44.2 Å². The molecule has 1 aliphatic heterocycles. The van der Waals surface area contributed by atoms with Crippen molar-refractivity contribution < 1.29 is 17.9 Å². The Morgan fingerprint density at radius 1 is 1.20 bits per heavy atom. The van der Waals surface area contributed by atoms with Gasteiger partial charge >= 0.3 is 0 Å². The average Bonchev–Trinajstić information content (AvgIpc) is 2.74. The molecule has 1 heterocycles. The lowest BCUT2D eigenvalue weighted by molar-refractivity contribution is 0.0736. The molecular formula is C21H28N4O4S. The number of anilines is 1. The van der Waals surface area contributed by atoms with Gasteiger partial charge < -0.3 is 20.3 Å². The van der Waals surface area contributed by atoms with Crippen molar-refractivity contribution in [2.45, 2.75) is 24.7 Å². The molecule has 0 saturated carbocycles. The van der Waals surface area contributed by atoms with Gasteiger partial charge in [-0.25, -0.2) is 13.6 Å². The number of hydrogen-bond acceptors (Lipinski definition) is 6. The molecule has 0 radical (unpaired) electrons. The van der Waals surface area contributed by atoms with Gasteiger partial charge in [-0.15, -0.1) is 0 Å². The highest BCUT2D eigenvalue weighted by atomic mass is 32.2. The predicted octanol–water partition coefficient (Wildman–Crippen LogP) is 2.38. The third kappa shape index (κ3) is 5.50. The van der Waals surface area contributed by atoms with Crippen LogP contribution in [0.5, 0.6) is 11.5 Å². The molecule has 3 rings (SSSR count). The number of rotatable bonds is 8. The number of amides is 1. The lowest BCUT2D eigenvalue weighted by Crippen LogP contribution is -2.46. The number of piperazine rings is 1. The number of hydrogen-bond donors (Lipinski definition) is 3. The number of carbonyl (C=O) groups excluding carboxylic acids is 1. The minimum Gasteiger partial charge on any atom is -0.455 e. The largest absolute Gasteiger partial charge is 0.455 e. The topological polar surface area (TPSA) is 114 Å². The van der Waals surface area contributed by atoms with Gasteiger partial charge in [0.15, 0.2) is 5.75 Å². The van der Waals surface area contributed by atoms with Gasteiger partial charge in [0.2, 0.25) is 10.0 Å². The van der Waals surface area contributed by atoms with Crippen molar-refractivity contribution in [3.05, 3.63) is 48.0 Å². The second kappa shape index (κ2) is 9.92. The minimum absolute atomic E-state index is 0.159. The van der Waals surface area contributed by atoms with E-state index in [9.17, 15) is 13.2 Å². The van der Waals surface area contributed by atoms with Crippen LogP contribution in [0.15, 0.2) is 47.4 Å². The number of nitrogens with zero attached hydrogens (tertiary/aromatic N) is 1. The van der Waals surface area contributed by atoms with Crippen LogP contribution in [0.3, 0.4) is 0 Å². The maximum atomic E-state index is 13.3. The summed E-state index contributed by atoms with van der Waals surface area (Å²) in [5, 5.41) is 11.9. The molecule has 0 atom stereocenters. The van der Waals surface area contributed by atoms with Crippen molar-refractivity contribution in [1.29, 1.82) is 0 Å². The molecule has 0 unspecified atom stereocenters. The summed E-state index contributed by atoms with van der Waals surface area (Å²) in [6, 6.07) is 11.7. The van der Waals surface area contributed by atoms with Gasteiger partial charge in [0.05, 0.1) is 16.1 Å². The lowest BCUT2D eigenvalue weighted by atomic mass is 10.1. The van der Waals surface area contributed by atoms with Crippen LogP contribution in [0.1, 0.15) is 30.1 Å². The Morgan fingerprint density at radius 2 is 1.90 bits per heavy atom. The molecule has 0 aliphatic carbocycles. The van der Waals surface area contributed by atoms with Crippen LogP contribution in [0.4, 0.5) is 5.69 Å². The number of sulfonamides is 1. The number of nitrogens with one attached hydrogen (secondary N) is 2. The van der Waals surface area contributed by atoms with Gasteiger partial charge in [-0.05, 0) is 24.6 Å². The van der Waals surface area contributed by atoms with E-state index in [2.05, 4.69) is 17.6 Å². The summed E-state index contributed by atoms with van der Waals surface area (Å²) in [6.07, 6.45) is 1.86. The number of unbranched alkanes of at least 4 members (excludes halogenated alkanes) is 1. The third-order valence-electron chi connectivity index (χ3n) is 4.84. The summed E-state index contributed by atoms with van der Waals surface area (Å²) in [5.74, 6) is 0.532. The maximum Gasteiger partial charge on any atom is 0.256 e. The molecule has 30 heavy (non-hydrogen) atoms. The van der Waals surface area contributed by atoms with Gasteiger partial charge in [0.1, 0.15) is 5.75 Å². The van der Waals surface area contributed by atoms with Crippen molar-refractivity contribution in [2.24, 2.45) is 5.14 Å². The second-order valence-electron chi connectivity index (χ2n) is 7.13. The van der Waals surface area contributed by atoms with Gasteiger partial charge in [-0.2, -0.15) is 0 Å². The first-order chi connectivity index (χ1) is 14.4. The molecule has 1 amide bonds. The Hall–Kier alpha value is -2.62. The van der Waals surface area contributed by atoms with Crippen molar-refractivity contribution in [3.63, 3.8) is 0 Å². The van der Waals surface area contributed by atoms with E-state index < -0.39 is 10.0 Å². The highest BCUT2D eigenvalue weighted by molar-refractivity contribution is 7.89. The van der Waals surface area contributed by atoms with E-state index in [1.807, 2.05) is 18.2 Å². The summed E-state index contributed by atoms with van der Waals surface area (Å²) < 4.78 is 30.2. The standard InChI is InChI=1S/C21H28N4O4S/c1-2-3-9-24-20-18(21(26)25-12-10-23-11-13-25)14-17(30(22,27)28)15-19(20)29-16-7-5-4-6-8-16/h4-8,14-15,23-24H,2-3,9-13H2,1H3,(H2,22,27,28). The molecule has 1 aliphatic rings. The summed E-state index contributed by atoms with van der Waals surface area (Å²) in [4.78, 5) is 14.8. The summed E-state index contributed by atoms with van der Waals surface area (Å²) in [7, 11) is -4.04. The summed E-state index contributed by atoms with van der Waals surface area (Å²) >= 11 is 0. The molecule has 4 N–H and O–H groups in total. The number of nitrogens with two attached hydrogens (primary N) is 1. The van der Waals surface area contributed by atoms with Gasteiger partial charge in [-0.3, -0.25) is 4.79 Å². The number of para-hydroxylation sites is 1. The first-order valence-corrected chi connectivity index (χ1v) is 11.6. The zero-order valence-corrected chi connectivity index (χ0v) is 17.9. The summed E-state index contributed by atoms with van der Waals surface area (Å²) in [5.41, 5.74) is 0.716. The highest BCUT2D eigenvalue weighted by Crippen LogP contribution is 2.36. The van der Waals surface area contributed by atoms with Crippen LogP contribution in [-0.4, -0.2) is 51.9 Å². The SMILES string of the molecule is CCCCNc1c(Oc2ccccc2)cc(S(N)(=O)=O)cc1C(=O)N1CCNCC1. The van der Waals surface area contributed by atoms with E-state index in [1.54, 1.807) is 17.0 Å². The van der Waals surface area contributed by atoms with E-state index in [1.165, 1.54) is 12.1 Å². The van der Waals surface area contributed by atoms with Crippen LogP contribution < -0.4 is 20.5 Å². The molecule has 162 valence electrons. The second-order valence-corrected chi connectivity index (χ2v) is 8.69. The Labute approximate surface area is 177 Å². The smallest absolute Gasteiger partial charge is 0.256 e. The highest BCUT2D eigenvalue weighted by Gasteiger charge is 2.26. The van der Waals surface area contributed by atoms with Gasteiger partial charge in [0.25, 0.3) is 5.91 Å². The van der Waals surface area contributed by atoms with E-state index in [-0.39, 0.29) is 22.1 Å². The van der Waals surface area contributed by atoms with Crippen LogP contribution >= 0.6 is 0 Å². The van der Waals surface area contributed by atoms with Crippen LogP contribution in [0.25, 0.3) is 0 Å². The quantitative estimate of drug-likeness (QED) is 0.552. The third-order valence-corrected chi connectivity index (χ3v) is 5.73. The average molecular weight is 433 g/mol. The van der Waals surface area contributed by atoms with E-state index >= 15 is 0 Å². The molecular weight excluding hydrogens is 404 g/mol. The molecule has 0 aromatic heterocycles.